The summed E-state index contributed by atoms with van der Waals surface area (Å²) < 4.78 is 0. The minimum atomic E-state index is -0.460. The minimum absolute atomic E-state index is 0.111. The lowest BCUT2D eigenvalue weighted by Crippen LogP contribution is -2.47. The van der Waals surface area contributed by atoms with Gasteiger partial charge in [0.1, 0.15) is 6.04 Å². The summed E-state index contributed by atoms with van der Waals surface area (Å²) in [4.78, 5) is 41.1. The third kappa shape index (κ3) is 2.91. The number of nitrogens with zero attached hydrogens (tertiary/aromatic N) is 1. The van der Waals surface area contributed by atoms with Crippen molar-refractivity contribution < 1.29 is 9.59 Å². The van der Waals surface area contributed by atoms with Gasteiger partial charge in [0.2, 0.25) is 11.5 Å². The largest absolute Gasteiger partial charge is 0.354 e. The van der Waals surface area contributed by atoms with E-state index in [-0.39, 0.29) is 17.4 Å². The van der Waals surface area contributed by atoms with Crippen LogP contribution in [0.5, 0.6) is 0 Å². The number of nitrogens with one attached hydrogen (secondary N) is 2. The lowest BCUT2D eigenvalue weighted by molar-refractivity contribution is -0.124. The molecule has 1 aliphatic heterocycles. The van der Waals surface area contributed by atoms with E-state index in [1.54, 1.807) is 11.0 Å². The van der Waals surface area contributed by atoms with Gasteiger partial charge < -0.3 is 15.2 Å². The molecule has 0 spiro atoms. The molecule has 22 heavy (non-hydrogen) atoms. The van der Waals surface area contributed by atoms with Crippen molar-refractivity contribution in [1.29, 1.82) is 0 Å². The third-order valence-corrected chi connectivity index (χ3v) is 4.33. The summed E-state index contributed by atoms with van der Waals surface area (Å²) in [6.07, 6.45) is 3.40. The van der Waals surface area contributed by atoms with Gasteiger partial charge in [0, 0.05) is 30.4 Å². The summed E-state index contributed by atoms with van der Waals surface area (Å²) in [5.41, 5.74) is 0.974. The van der Waals surface area contributed by atoms with Gasteiger partial charge >= 0.3 is 0 Å². The van der Waals surface area contributed by atoms with Crippen LogP contribution in [-0.2, 0) is 4.79 Å². The van der Waals surface area contributed by atoms with Crippen molar-refractivity contribution in [2.24, 2.45) is 0 Å². The number of carbonyl (C=O) groups excluding carboxylic acids is 2. The average Bonchev–Trinajstić information content (AvgIpc) is 3.33. The van der Waals surface area contributed by atoms with Crippen LogP contribution in [0.1, 0.15) is 54.6 Å². The molecule has 1 atom stereocenters. The molecular weight excluding hydrogens is 282 g/mol. The highest BCUT2D eigenvalue weighted by Gasteiger charge is 2.32. The van der Waals surface area contributed by atoms with Crippen LogP contribution >= 0.6 is 0 Å². The standard InChI is InChI=1S/C16H21N3O3/c1-2-13-15(21)17-6-3-7-19(13)16(22)11-8-12(10-4-5-10)18-14(20)9-11/h8-10,13H,2-7H2,1H3,(H,17,21)(H,18,20)/t13-/m0/s1. The maximum atomic E-state index is 12.8. The van der Waals surface area contributed by atoms with E-state index in [9.17, 15) is 14.4 Å². The molecule has 2 amide bonds. The van der Waals surface area contributed by atoms with Gasteiger partial charge in [0.25, 0.3) is 5.91 Å². The number of H-pyrrole nitrogens is 1. The van der Waals surface area contributed by atoms with Crippen LogP contribution in [-0.4, -0.2) is 40.8 Å². The summed E-state index contributed by atoms with van der Waals surface area (Å²) in [6, 6.07) is 2.65. The molecule has 2 N–H and O–H groups in total. The summed E-state index contributed by atoms with van der Waals surface area (Å²) in [5, 5.41) is 2.83. The molecule has 1 aliphatic carbocycles. The number of hydrogen-bond donors (Lipinski definition) is 2. The van der Waals surface area contributed by atoms with Crippen LogP contribution in [0, 0.1) is 0 Å². The highest BCUT2D eigenvalue weighted by molar-refractivity contribution is 5.97. The fourth-order valence-corrected chi connectivity index (χ4v) is 2.99. The first-order valence-electron chi connectivity index (χ1n) is 7.93. The van der Waals surface area contributed by atoms with Crippen LogP contribution in [0.25, 0.3) is 0 Å². The zero-order valence-electron chi connectivity index (χ0n) is 12.7. The second-order valence-corrected chi connectivity index (χ2v) is 6.03. The van der Waals surface area contributed by atoms with Crippen LogP contribution < -0.4 is 10.9 Å². The van der Waals surface area contributed by atoms with Gasteiger partial charge in [-0.25, -0.2) is 0 Å². The Labute approximate surface area is 128 Å². The van der Waals surface area contributed by atoms with Crippen LogP contribution in [0.2, 0.25) is 0 Å². The van der Waals surface area contributed by atoms with Crippen molar-refractivity contribution in [2.45, 2.75) is 44.6 Å². The Hall–Kier alpha value is -2.11. The number of pyridine rings is 1. The van der Waals surface area contributed by atoms with Crippen LogP contribution in [0.3, 0.4) is 0 Å². The molecule has 2 aliphatic rings. The summed E-state index contributed by atoms with van der Waals surface area (Å²) in [7, 11) is 0. The average molecular weight is 303 g/mol. The third-order valence-electron chi connectivity index (χ3n) is 4.33. The second-order valence-electron chi connectivity index (χ2n) is 6.03. The number of aromatic nitrogens is 1. The molecule has 2 heterocycles. The van der Waals surface area contributed by atoms with Gasteiger partial charge in [-0.2, -0.15) is 0 Å². The number of carbonyl (C=O) groups is 2. The second kappa shape index (κ2) is 5.94. The van der Waals surface area contributed by atoms with E-state index >= 15 is 0 Å². The molecule has 6 heteroatoms. The Balaban J connectivity index is 1.91. The molecule has 1 saturated heterocycles. The zero-order valence-corrected chi connectivity index (χ0v) is 12.7. The van der Waals surface area contributed by atoms with Crippen molar-refractivity contribution in [3.63, 3.8) is 0 Å². The van der Waals surface area contributed by atoms with Crippen LogP contribution in [0.4, 0.5) is 0 Å². The van der Waals surface area contributed by atoms with Gasteiger partial charge in [-0.15, -0.1) is 0 Å². The zero-order chi connectivity index (χ0) is 15.7. The number of rotatable bonds is 3. The molecule has 6 nitrogen and oxygen atoms in total. The molecule has 0 unspecified atom stereocenters. The van der Waals surface area contributed by atoms with Crippen LogP contribution in [0.15, 0.2) is 16.9 Å². The first kappa shape index (κ1) is 14.8. The molecule has 1 aromatic rings. The Morgan fingerprint density at radius 3 is 2.77 bits per heavy atom. The number of aromatic amines is 1. The molecule has 0 bridgehead atoms. The normalized spacial score (nSPS) is 22.1. The SMILES string of the molecule is CC[C@H]1C(=O)NCCCN1C(=O)c1cc(C2CC2)[nH]c(=O)c1. The van der Waals surface area contributed by atoms with Gasteiger partial charge in [-0.05, 0) is 37.7 Å². The molecule has 118 valence electrons. The molecule has 0 aromatic carbocycles. The van der Waals surface area contributed by atoms with Gasteiger partial charge in [-0.1, -0.05) is 6.92 Å². The van der Waals surface area contributed by atoms with Gasteiger partial charge in [-0.3, -0.25) is 14.4 Å². The molecule has 0 radical (unpaired) electrons. The summed E-state index contributed by atoms with van der Waals surface area (Å²) in [6.45, 7) is 3.01. The quantitative estimate of drug-likeness (QED) is 0.873. The maximum Gasteiger partial charge on any atom is 0.254 e. The first-order valence-corrected chi connectivity index (χ1v) is 7.93. The smallest absolute Gasteiger partial charge is 0.254 e. The molecule has 3 rings (SSSR count). The van der Waals surface area contributed by atoms with Crippen molar-refractivity contribution in [3.8, 4) is 0 Å². The first-order chi connectivity index (χ1) is 10.6. The van der Waals surface area contributed by atoms with Crippen molar-refractivity contribution >= 4 is 11.8 Å². The minimum Gasteiger partial charge on any atom is -0.354 e. The Kier molecular flexibility index (Phi) is 4.00. The highest BCUT2D eigenvalue weighted by Crippen LogP contribution is 2.38. The highest BCUT2D eigenvalue weighted by atomic mass is 16.2. The molecule has 2 fully saturated rings. The van der Waals surface area contributed by atoms with E-state index in [0.29, 0.717) is 31.0 Å². The summed E-state index contributed by atoms with van der Waals surface area (Å²) in [5.74, 6) is 0.0346. The lowest BCUT2D eigenvalue weighted by atomic mass is 10.1. The van der Waals surface area contributed by atoms with E-state index < -0.39 is 6.04 Å². The van der Waals surface area contributed by atoms with E-state index in [2.05, 4.69) is 10.3 Å². The topological polar surface area (TPSA) is 82.3 Å². The van der Waals surface area contributed by atoms with Crippen molar-refractivity contribution in [1.82, 2.24) is 15.2 Å². The fourth-order valence-electron chi connectivity index (χ4n) is 2.99. The van der Waals surface area contributed by atoms with Gasteiger partial charge in [0.05, 0.1) is 0 Å². The molecular formula is C16H21N3O3. The lowest BCUT2D eigenvalue weighted by Gasteiger charge is -2.27. The van der Waals surface area contributed by atoms with Crippen molar-refractivity contribution in [3.05, 3.63) is 33.7 Å². The predicted octanol–water partition coefficient (Wildman–Crippen LogP) is 0.993. The monoisotopic (exact) mass is 303 g/mol. The van der Waals surface area contributed by atoms with E-state index in [0.717, 1.165) is 25.0 Å². The van der Waals surface area contributed by atoms with E-state index in [1.165, 1.54) is 6.07 Å². The van der Waals surface area contributed by atoms with E-state index in [1.807, 2.05) is 6.92 Å². The Morgan fingerprint density at radius 2 is 2.09 bits per heavy atom. The number of amides is 2. The van der Waals surface area contributed by atoms with Gasteiger partial charge in [0.15, 0.2) is 0 Å². The summed E-state index contributed by atoms with van der Waals surface area (Å²) >= 11 is 0. The van der Waals surface area contributed by atoms with E-state index in [4.69, 9.17) is 0 Å². The maximum absolute atomic E-state index is 12.8. The molecule has 1 aromatic heterocycles. The molecule has 1 saturated carbocycles. The predicted molar refractivity (Wildman–Crippen MR) is 81.8 cm³/mol. The van der Waals surface area contributed by atoms with Crippen molar-refractivity contribution in [2.75, 3.05) is 13.1 Å². The fraction of sp³-hybridized carbons (Fsp3) is 0.562. The Bertz CT molecular complexity index is 648. The number of hydrogen-bond acceptors (Lipinski definition) is 3. The Morgan fingerprint density at radius 1 is 1.32 bits per heavy atom.